The number of rotatable bonds is 2. The minimum absolute atomic E-state index is 1.75. The lowest BCUT2D eigenvalue weighted by atomic mass is 9.99. The molecular weight excluding hydrogens is 264 g/mol. The molecule has 0 aromatic carbocycles. The summed E-state index contributed by atoms with van der Waals surface area (Å²) in [4.78, 5) is 11.1. The molecule has 1 rings (SSSR count). The molecule has 0 bridgehead atoms. The van der Waals surface area contributed by atoms with E-state index >= 15 is 0 Å². The number of carbonyl (C=O) groups is 1. The van der Waals surface area contributed by atoms with Crippen LogP contribution in [0.3, 0.4) is 0 Å². The van der Waals surface area contributed by atoms with E-state index in [2.05, 4.69) is 8.92 Å². The van der Waals surface area contributed by atoms with E-state index in [1.807, 2.05) is 0 Å². The first-order chi connectivity index (χ1) is 7.63. The SMILES string of the molecule is O=C(OS(=O)(=O)O)[C@H]1OC(O)[C@H](O)[C@@H](O)[C@@H]1O. The van der Waals surface area contributed by atoms with Gasteiger partial charge in [0.2, 0.25) is 0 Å². The molecule has 10 nitrogen and oxygen atoms in total. The average molecular weight is 274 g/mol. The van der Waals surface area contributed by atoms with E-state index in [1.54, 1.807) is 0 Å². The molecule has 1 saturated heterocycles. The molecule has 0 aromatic rings. The molecule has 5 N–H and O–H groups in total. The zero-order chi connectivity index (χ0) is 13.4. The Kier molecular flexibility index (Phi) is 4.03. The van der Waals surface area contributed by atoms with Crippen LogP contribution in [0.4, 0.5) is 0 Å². The van der Waals surface area contributed by atoms with Crippen molar-refractivity contribution in [2.45, 2.75) is 30.7 Å². The van der Waals surface area contributed by atoms with Gasteiger partial charge in [0.05, 0.1) is 0 Å². The predicted octanol–water partition coefficient (Wildman–Crippen LogP) is -3.87. The lowest BCUT2D eigenvalue weighted by Gasteiger charge is -2.36. The van der Waals surface area contributed by atoms with E-state index < -0.39 is 47.1 Å². The summed E-state index contributed by atoms with van der Waals surface area (Å²) >= 11 is 0. The molecule has 1 heterocycles. The third-order valence-electron chi connectivity index (χ3n) is 2.01. The summed E-state index contributed by atoms with van der Waals surface area (Å²) in [6.07, 6.45) is -9.93. The van der Waals surface area contributed by atoms with Gasteiger partial charge in [-0.15, -0.1) is 0 Å². The number of ether oxygens (including phenoxy) is 1. The summed E-state index contributed by atoms with van der Waals surface area (Å²) in [5.41, 5.74) is 0. The van der Waals surface area contributed by atoms with E-state index in [0.717, 1.165) is 0 Å². The quantitative estimate of drug-likeness (QED) is 0.314. The van der Waals surface area contributed by atoms with Gasteiger partial charge in [-0.25, -0.2) is 4.79 Å². The number of aliphatic hydroxyl groups excluding tert-OH is 4. The number of carbonyl (C=O) groups excluding carboxylic acids is 1. The maximum atomic E-state index is 11.1. The summed E-state index contributed by atoms with van der Waals surface area (Å²) in [5.74, 6) is -1.75. The van der Waals surface area contributed by atoms with Gasteiger partial charge in [0.15, 0.2) is 12.4 Å². The highest BCUT2D eigenvalue weighted by atomic mass is 32.3. The molecule has 5 atom stereocenters. The Hall–Kier alpha value is -0.820. The first-order valence-corrected chi connectivity index (χ1v) is 5.58. The Morgan fingerprint density at radius 2 is 1.59 bits per heavy atom. The van der Waals surface area contributed by atoms with Crippen molar-refractivity contribution >= 4 is 16.4 Å². The Labute approximate surface area is 95.0 Å². The minimum Gasteiger partial charge on any atom is -0.387 e. The van der Waals surface area contributed by atoms with Gasteiger partial charge in [-0.2, -0.15) is 8.42 Å². The van der Waals surface area contributed by atoms with E-state index in [9.17, 15) is 23.4 Å². The van der Waals surface area contributed by atoms with Crippen LogP contribution >= 0.6 is 0 Å². The Balaban J connectivity index is 2.81. The molecule has 0 radical (unpaired) electrons. The van der Waals surface area contributed by atoms with Crippen molar-refractivity contribution in [1.82, 2.24) is 0 Å². The average Bonchev–Trinajstić information content (AvgIpc) is 2.17. The van der Waals surface area contributed by atoms with Gasteiger partial charge < -0.3 is 29.3 Å². The molecule has 11 heteroatoms. The second-order valence-electron chi connectivity index (χ2n) is 3.25. The minimum atomic E-state index is -5.11. The molecule has 100 valence electrons. The smallest absolute Gasteiger partial charge is 0.387 e. The van der Waals surface area contributed by atoms with Crippen molar-refractivity contribution in [3.05, 3.63) is 0 Å². The van der Waals surface area contributed by atoms with Crippen LogP contribution < -0.4 is 0 Å². The fourth-order valence-corrected chi connectivity index (χ4v) is 1.51. The highest BCUT2D eigenvalue weighted by Gasteiger charge is 2.47. The van der Waals surface area contributed by atoms with Crippen LogP contribution in [-0.4, -0.2) is 70.1 Å². The maximum absolute atomic E-state index is 11.1. The first-order valence-electron chi connectivity index (χ1n) is 4.22. The van der Waals surface area contributed by atoms with Crippen LogP contribution in [0.2, 0.25) is 0 Å². The number of hydrogen-bond donors (Lipinski definition) is 5. The molecule has 1 aliphatic heterocycles. The van der Waals surface area contributed by atoms with Crippen LogP contribution in [0.5, 0.6) is 0 Å². The van der Waals surface area contributed by atoms with Crippen molar-refractivity contribution in [1.29, 1.82) is 0 Å². The molecule has 17 heavy (non-hydrogen) atoms. The van der Waals surface area contributed by atoms with E-state index in [-0.39, 0.29) is 0 Å². The van der Waals surface area contributed by atoms with Crippen molar-refractivity contribution in [3.8, 4) is 0 Å². The van der Waals surface area contributed by atoms with Gasteiger partial charge in [-0.1, -0.05) is 0 Å². The van der Waals surface area contributed by atoms with Gasteiger partial charge in [-0.05, 0) is 0 Å². The van der Waals surface area contributed by atoms with Crippen molar-refractivity contribution in [2.75, 3.05) is 0 Å². The van der Waals surface area contributed by atoms with E-state index in [4.69, 9.17) is 14.8 Å². The van der Waals surface area contributed by atoms with Crippen LogP contribution in [0.15, 0.2) is 0 Å². The molecule has 0 spiro atoms. The van der Waals surface area contributed by atoms with E-state index in [1.165, 1.54) is 0 Å². The Bertz CT molecular complexity index is 390. The zero-order valence-corrected chi connectivity index (χ0v) is 8.89. The third kappa shape index (κ3) is 3.32. The van der Waals surface area contributed by atoms with Gasteiger partial charge in [0.25, 0.3) is 0 Å². The standard InChI is InChI=1S/C6H10O10S/c7-1-2(8)4(15-5(10)3(1)9)6(11)16-17(12,13)14/h1-5,7-10H,(H,12,13,14)/t1-,2-,3+,4-,5?/m0/s1. The largest absolute Gasteiger partial charge is 0.449 e. The second kappa shape index (κ2) is 4.81. The maximum Gasteiger partial charge on any atom is 0.449 e. The highest BCUT2D eigenvalue weighted by Crippen LogP contribution is 2.21. The molecule has 1 unspecified atom stereocenters. The van der Waals surface area contributed by atoms with Gasteiger partial charge >= 0.3 is 16.4 Å². The Morgan fingerprint density at radius 1 is 1.06 bits per heavy atom. The Morgan fingerprint density at radius 3 is 2.06 bits per heavy atom. The van der Waals surface area contributed by atoms with Crippen LogP contribution in [0.1, 0.15) is 0 Å². The summed E-state index contributed by atoms with van der Waals surface area (Å²) in [5, 5.41) is 36.5. The molecular formula is C6H10O10S. The first kappa shape index (κ1) is 14.2. The van der Waals surface area contributed by atoms with Crippen LogP contribution in [-0.2, 0) is 24.1 Å². The van der Waals surface area contributed by atoms with E-state index in [0.29, 0.717) is 0 Å². The summed E-state index contributed by atoms with van der Waals surface area (Å²) in [6, 6.07) is 0. The molecule has 1 fully saturated rings. The fourth-order valence-electron chi connectivity index (χ4n) is 1.21. The molecule has 0 aliphatic carbocycles. The van der Waals surface area contributed by atoms with Crippen LogP contribution in [0, 0.1) is 0 Å². The number of aliphatic hydroxyl groups is 4. The highest BCUT2D eigenvalue weighted by molar-refractivity contribution is 7.81. The lowest BCUT2D eigenvalue weighted by Crippen LogP contribution is -2.60. The summed E-state index contributed by atoms with van der Waals surface area (Å²) in [7, 11) is -5.11. The van der Waals surface area contributed by atoms with Crippen LogP contribution in [0.25, 0.3) is 0 Å². The topological polar surface area (TPSA) is 171 Å². The summed E-state index contributed by atoms with van der Waals surface area (Å²) < 4.78 is 36.5. The molecule has 0 saturated carbocycles. The molecule has 0 amide bonds. The summed E-state index contributed by atoms with van der Waals surface area (Å²) in [6.45, 7) is 0. The second-order valence-corrected chi connectivity index (χ2v) is 4.27. The fraction of sp³-hybridized carbons (Fsp3) is 0.833. The number of hydrogen-bond acceptors (Lipinski definition) is 9. The normalized spacial score (nSPS) is 38.8. The third-order valence-corrected chi connectivity index (χ3v) is 2.38. The van der Waals surface area contributed by atoms with Gasteiger partial charge in [0, 0.05) is 0 Å². The monoisotopic (exact) mass is 274 g/mol. The molecule has 1 aliphatic rings. The van der Waals surface area contributed by atoms with Crippen molar-refractivity contribution < 1.29 is 47.1 Å². The lowest BCUT2D eigenvalue weighted by molar-refractivity contribution is -0.279. The molecule has 0 aromatic heterocycles. The predicted molar refractivity (Wildman–Crippen MR) is 46.5 cm³/mol. The van der Waals surface area contributed by atoms with Crippen molar-refractivity contribution in [3.63, 3.8) is 0 Å². The van der Waals surface area contributed by atoms with Gasteiger partial charge in [0.1, 0.15) is 18.3 Å². The van der Waals surface area contributed by atoms with Crippen molar-refractivity contribution in [2.24, 2.45) is 0 Å². The van der Waals surface area contributed by atoms with Gasteiger partial charge in [-0.3, -0.25) is 4.55 Å². The zero-order valence-electron chi connectivity index (χ0n) is 8.07.